The average Bonchev–Trinajstić information content (AvgIpc) is 2.34. The van der Waals surface area contributed by atoms with Crippen molar-refractivity contribution < 1.29 is 13.0 Å². The van der Waals surface area contributed by atoms with Gasteiger partial charge in [0.15, 0.2) is 0 Å². The molecule has 0 amide bonds. The summed E-state index contributed by atoms with van der Waals surface area (Å²) in [5.74, 6) is 0. The van der Waals surface area contributed by atoms with Gasteiger partial charge < -0.3 is 0 Å². The Morgan fingerprint density at radius 2 is 1.45 bits per heavy atom. The van der Waals surface area contributed by atoms with Crippen LogP contribution in [0.2, 0.25) is 0 Å². The second-order valence-electron chi connectivity index (χ2n) is 4.64. The van der Waals surface area contributed by atoms with Crippen LogP contribution in [-0.4, -0.2) is 18.0 Å². The lowest BCUT2D eigenvalue weighted by molar-refractivity contribution is 0.483. The van der Waals surface area contributed by atoms with Gasteiger partial charge in [0.2, 0.25) is 0 Å². The maximum absolute atomic E-state index is 10.5. The standard InChI is InChI=1S/C8H11N.C7H8O3S/c1-6-4-5-7(2)9-8(6)3;1-6-2-4-7(5-3-6)11(8,9)10/h4-5H,1-3H3;2-5H,1H3,(H,8,9,10). The van der Waals surface area contributed by atoms with Crippen LogP contribution in [0.4, 0.5) is 0 Å². The van der Waals surface area contributed by atoms with E-state index in [0.717, 1.165) is 17.0 Å². The molecule has 0 fully saturated rings. The third kappa shape index (κ3) is 5.11. The minimum Gasteiger partial charge on any atom is -0.282 e. The fraction of sp³-hybridized carbons (Fsp3) is 0.267. The van der Waals surface area contributed by atoms with Crippen LogP contribution in [0, 0.1) is 27.7 Å². The normalized spacial score (nSPS) is 10.7. The Bertz CT molecular complexity index is 677. The Hall–Kier alpha value is -1.72. The van der Waals surface area contributed by atoms with Crippen LogP contribution in [0.1, 0.15) is 22.5 Å². The Morgan fingerprint density at radius 3 is 1.85 bits per heavy atom. The van der Waals surface area contributed by atoms with Gasteiger partial charge >= 0.3 is 0 Å². The van der Waals surface area contributed by atoms with Crippen molar-refractivity contribution in [2.45, 2.75) is 32.6 Å². The molecule has 0 saturated carbocycles. The third-order valence-corrected chi connectivity index (χ3v) is 3.68. The monoisotopic (exact) mass is 293 g/mol. The molecular weight excluding hydrogens is 274 g/mol. The molecule has 0 bridgehead atoms. The average molecular weight is 293 g/mol. The topological polar surface area (TPSA) is 67.3 Å². The first-order valence-corrected chi connectivity index (χ1v) is 7.59. The quantitative estimate of drug-likeness (QED) is 0.820. The van der Waals surface area contributed by atoms with E-state index in [4.69, 9.17) is 4.55 Å². The fourth-order valence-corrected chi connectivity index (χ4v) is 1.95. The van der Waals surface area contributed by atoms with Crippen molar-refractivity contribution in [3.05, 3.63) is 58.9 Å². The second kappa shape index (κ2) is 6.63. The van der Waals surface area contributed by atoms with Crippen molar-refractivity contribution in [1.29, 1.82) is 0 Å². The van der Waals surface area contributed by atoms with Gasteiger partial charge in [-0.1, -0.05) is 23.8 Å². The summed E-state index contributed by atoms with van der Waals surface area (Å²) in [4.78, 5) is 4.21. The number of aromatic nitrogens is 1. The van der Waals surface area contributed by atoms with E-state index in [-0.39, 0.29) is 4.90 Å². The second-order valence-corrected chi connectivity index (χ2v) is 6.06. The van der Waals surface area contributed by atoms with Gasteiger partial charge in [0.1, 0.15) is 0 Å². The molecule has 0 atom stereocenters. The first kappa shape index (κ1) is 16.3. The van der Waals surface area contributed by atoms with E-state index >= 15 is 0 Å². The summed E-state index contributed by atoms with van der Waals surface area (Å²) in [5.41, 5.74) is 4.45. The lowest BCUT2D eigenvalue weighted by Crippen LogP contribution is -1.96. The number of nitrogens with zero attached hydrogens (tertiary/aromatic N) is 1. The molecule has 1 aromatic carbocycles. The lowest BCUT2D eigenvalue weighted by Gasteiger charge is -1.97. The zero-order valence-electron chi connectivity index (χ0n) is 12.1. The molecule has 1 N–H and O–H groups in total. The van der Waals surface area contributed by atoms with Crippen LogP contribution in [0.15, 0.2) is 41.3 Å². The minimum absolute atomic E-state index is 0.0666. The Morgan fingerprint density at radius 1 is 0.900 bits per heavy atom. The van der Waals surface area contributed by atoms with E-state index in [1.165, 1.54) is 17.7 Å². The summed E-state index contributed by atoms with van der Waals surface area (Å²) >= 11 is 0. The van der Waals surface area contributed by atoms with Gasteiger partial charge in [-0.3, -0.25) is 9.54 Å². The molecule has 20 heavy (non-hydrogen) atoms. The van der Waals surface area contributed by atoms with Crippen LogP contribution in [0.5, 0.6) is 0 Å². The molecule has 0 spiro atoms. The van der Waals surface area contributed by atoms with Gasteiger partial charge in [-0.2, -0.15) is 8.42 Å². The van der Waals surface area contributed by atoms with Crippen LogP contribution in [0.25, 0.3) is 0 Å². The number of aryl methyl sites for hydroxylation is 4. The van der Waals surface area contributed by atoms with Crippen LogP contribution in [-0.2, 0) is 10.1 Å². The van der Waals surface area contributed by atoms with Gasteiger partial charge in [-0.05, 0) is 51.5 Å². The maximum Gasteiger partial charge on any atom is 0.294 e. The highest BCUT2D eigenvalue weighted by Gasteiger charge is 2.06. The summed E-state index contributed by atoms with van der Waals surface area (Å²) in [6, 6.07) is 10.1. The van der Waals surface area contributed by atoms with Crippen molar-refractivity contribution >= 4 is 10.1 Å². The summed E-state index contributed by atoms with van der Waals surface area (Å²) in [7, 11) is -4.02. The van der Waals surface area contributed by atoms with E-state index in [1.54, 1.807) is 12.1 Å². The largest absolute Gasteiger partial charge is 0.294 e. The highest BCUT2D eigenvalue weighted by atomic mass is 32.2. The zero-order chi connectivity index (χ0) is 15.3. The van der Waals surface area contributed by atoms with E-state index in [9.17, 15) is 8.42 Å². The molecule has 108 valence electrons. The van der Waals surface area contributed by atoms with Crippen molar-refractivity contribution in [3.8, 4) is 0 Å². The Labute approximate surface area is 120 Å². The number of hydrogen-bond acceptors (Lipinski definition) is 3. The SMILES string of the molecule is Cc1ccc(C)c(C)n1.Cc1ccc(S(=O)(=O)O)cc1. The highest BCUT2D eigenvalue weighted by molar-refractivity contribution is 7.85. The van der Waals surface area contributed by atoms with Crippen molar-refractivity contribution in [2.24, 2.45) is 0 Å². The number of benzene rings is 1. The minimum atomic E-state index is -4.02. The van der Waals surface area contributed by atoms with E-state index in [1.807, 2.05) is 26.8 Å². The molecule has 4 nitrogen and oxygen atoms in total. The predicted octanol–water partition coefficient (Wildman–Crippen LogP) is 3.25. The number of rotatable bonds is 1. The molecular formula is C15H19NO3S. The first-order chi connectivity index (χ1) is 9.20. The Balaban J connectivity index is 0.000000204. The van der Waals surface area contributed by atoms with E-state index < -0.39 is 10.1 Å². The predicted molar refractivity (Wildman–Crippen MR) is 79.4 cm³/mol. The molecule has 0 saturated heterocycles. The van der Waals surface area contributed by atoms with Gasteiger partial charge in [0.25, 0.3) is 10.1 Å². The van der Waals surface area contributed by atoms with E-state index in [2.05, 4.69) is 18.0 Å². The summed E-state index contributed by atoms with van der Waals surface area (Å²) in [6.45, 7) is 7.95. The maximum atomic E-state index is 10.5. The highest BCUT2D eigenvalue weighted by Crippen LogP contribution is 2.08. The van der Waals surface area contributed by atoms with Crippen LogP contribution >= 0.6 is 0 Å². The summed E-state index contributed by atoms with van der Waals surface area (Å²) in [6.07, 6.45) is 0. The van der Waals surface area contributed by atoms with Crippen molar-refractivity contribution in [3.63, 3.8) is 0 Å². The van der Waals surface area contributed by atoms with Crippen molar-refractivity contribution in [2.75, 3.05) is 0 Å². The molecule has 2 rings (SSSR count). The fourth-order valence-electron chi connectivity index (χ4n) is 1.47. The molecule has 0 aliphatic rings. The van der Waals surface area contributed by atoms with Crippen molar-refractivity contribution in [1.82, 2.24) is 4.98 Å². The molecule has 2 aromatic rings. The van der Waals surface area contributed by atoms with Gasteiger partial charge in [0.05, 0.1) is 4.90 Å². The van der Waals surface area contributed by atoms with Crippen LogP contribution in [0.3, 0.4) is 0 Å². The smallest absolute Gasteiger partial charge is 0.282 e. The molecule has 5 heteroatoms. The molecule has 1 heterocycles. The summed E-state index contributed by atoms with van der Waals surface area (Å²) < 4.78 is 29.6. The molecule has 0 unspecified atom stereocenters. The Kier molecular flexibility index (Phi) is 5.42. The number of pyridine rings is 1. The van der Waals surface area contributed by atoms with Crippen LogP contribution < -0.4 is 0 Å². The zero-order valence-corrected chi connectivity index (χ0v) is 12.9. The van der Waals surface area contributed by atoms with Gasteiger partial charge in [0, 0.05) is 11.4 Å². The van der Waals surface area contributed by atoms with Gasteiger partial charge in [-0.15, -0.1) is 0 Å². The third-order valence-electron chi connectivity index (χ3n) is 2.81. The molecule has 0 radical (unpaired) electrons. The van der Waals surface area contributed by atoms with Gasteiger partial charge in [-0.25, -0.2) is 0 Å². The summed E-state index contributed by atoms with van der Waals surface area (Å²) in [5, 5.41) is 0. The van der Waals surface area contributed by atoms with E-state index in [0.29, 0.717) is 0 Å². The lowest BCUT2D eigenvalue weighted by atomic mass is 10.2. The molecule has 0 aliphatic heterocycles. The molecule has 1 aromatic heterocycles. The molecule has 0 aliphatic carbocycles. The number of hydrogen-bond donors (Lipinski definition) is 1. The first-order valence-electron chi connectivity index (χ1n) is 6.15.